The molecular weight excluding hydrogens is 247 g/mol. The largest absolute Gasteiger partial charge is 0.346 e. The normalized spacial score (nSPS) is 11.2. The first-order valence-electron chi connectivity index (χ1n) is 4.95. The van der Waals surface area contributed by atoms with Crippen molar-refractivity contribution in [2.24, 2.45) is 0 Å². The van der Waals surface area contributed by atoms with Crippen molar-refractivity contribution >= 4 is 29.1 Å². The van der Waals surface area contributed by atoms with Crippen LogP contribution in [0, 0.1) is 0 Å². The highest BCUT2D eigenvalue weighted by Gasteiger charge is 2.20. The molecule has 0 unspecified atom stereocenters. The molecule has 0 aliphatic heterocycles. The zero-order valence-electron chi connectivity index (χ0n) is 9.26. The second-order valence-electron chi connectivity index (χ2n) is 4.14. The fourth-order valence-corrected chi connectivity index (χ4v) is 1.76. The van der Waals surface area contributed by atoms with Crippen LogP contribution in [-0.4, -0.2) is 22.3 Å². The number of aromatic nitrogens is 1. The summed E-state index contributed by atoms with van der Waals surface area (Å²) < 4.78 is 0. The minimum atomic E-state index is -0.333. The van der Waals surface area contributed by atoms with Crippen LogP contribution in [0.5, 0.6) is 0 Å². The van der Waals surface area contributed by atoms with Crippen LogP contribution in [0.4, 0.5) is 0 Å². The van der Waals surface area contributed by atoms with Gasteiger partial charge in [-0.1, -0.05) is 11.6 Å². The first kappa shape index (κ1) is 13.3. The van der Waals surface area contributed by atoms with Crippen molar-refractivity contribution in [3.05, 3.63) is 29.0 Å². The quantitative estimate of drug-likeness (QED) is 0.847. The van der Waals surface area contributed by atoms with Gasteiger partial charge in [0.05, 0.1) is 5.02 Å². The molecule has 0 saturated carbocycles. The summed E-state index contributed by atoms with van der Waals surface area (Å²) in [6.45, 7) is 3.84. The Balaban J connectivity index is 2.69. The number of hydrogen-bond acceptors (Lipinski definition) is 2. The summed E-state index contributed by atoms with van der Waals surface area (Å²) in [7, 11) is 0. The number of alkyl halides is 1. The van der Waals surface area contributed by atoms with E-state index in [9.17, 15) is 4.79 Å². The van der Waals surface area contributed by atoms with Crippen LogP contribution in [0.1, 0.15) is 30.8 Å². The van der Waals surface area contributed by atoms with E-state index in [1.165, 1.54) is 6.20 Å². The van der Waals surface area contributed by atoms with Gasteiger partial charge in [-0.05, 0) is 32.4 Å². The lowest BCUT2D eigenvalue weighted by Crippen LogP contribution is -2.43. The van der Waals surface area contributed by atoms with Gasteiger partial charge in [-0.15, -0.1) is 11.6 Å². The van der Waals surface area contributed by atoms with Crippen LogP contribution < -0.4 is 5.32 Å². The van der Waals surface area contributed by atoms with Crippen molar-refractivity contribution in [2.45, 2.75) is 25.8 Å². The van der Waals surface area contributed by atoms with E-state index in [4.69, 9.17) is 23.2 Å². The van der Waals surface area contributed by atoms with Crippen LogP contribution in [-0.2, 0) is 0 Å². The summed E-state index contributed by atoms with van der Waals surface area (Å²) in [5.41, 5.74) is 0.0206. The molecule has 0 radical (unpaired) electrons. The first-order valence-corrected chi connectivity index (χ1v) is 5.86. The summed E-state index contributed by atoms with van der Waals surface area (Å²) in [4.78, 5) is 15.7. The molecule has 1 amide bonds. The third kappa shape index (κ3) is 3.99. The number of halogens is 2. The fourth-order valence-electron chi connectivity index (χ4n) is 1.18. The number of nitrogens with zero attached hydrogens (tertiary/aromatic N) is 1. The molecule has 1 aromatic rings. The standard InChI is InChI=1S/C11H14Cl2N2O/c1-11(2,5-6-12)15-10(16)9-4-3-8(13)7-14-9/h3-4,7H,5-6H2,1-2H3,(H,15,16). The molecule has 1 heterocycles. The van der Waals surface area contributed by atoms with Gasteiger partial charge < -0.3 is 5.32 Å². The molecular formula is C11H14Cl2N2O. The highest BCUT2D eigenvalue weighted by molar-refractivity contribution is 6.30. The van der Waals surface area contributed by atoms with Gasteiger partial charge in [0.2, 0.25) is 0 Å². The Bertz CT molecular complexity index is 363. The maximum absolute atomic E-state index is 11.8. The summed E-state index contributed by atoms with van der Waals surface area (Å²) in [6.07, 6.45) is 2.15. The fraction of sp³-hybridized carbons (Fsp3) is 0.455. The zero-order valence-corrected chi connectivity index (χ0v) is 10.8. The van der Waals surface area contributed by atoms with Crippen LogP contribution >= 0.6 is 23.2 Å². The van der Waals surface area contributed by atoms with Gasteiger partial charge in [-0.2, -0.15) is 0 Å². The Morgan fingerprint density at radius 2 is 2.19 bits per heavy atom. The van der Waals surface area contributed by atoms with Gasteiger partial charge in [0, 0.05) is 17.6 Å². The maximum Gasteiger partial charge on any atom is 0.270 e. The van der Waals surface area contributed by atoms with E-state index >= 15 is 0 Å². The molecule has 0 saturated heterocycles. The van der Waals surface area contributed by atoms with Gasteiger partial charge in [-0.25, -0.2) is 4.98 Å². The van der Waals surface area contributed by atoms with E-state index in [1.807, 2.05) is 13.8 Å². The second-order valence-corrected chi connectivity index (χ2v) is 4.95. The van der Waals surface area contributed by atoms with Gasteiger partial charge in [0.25, 0.3) is 5.91 Å². The Morgan fingerprint density at radius 1 is 1.50 bits per heavy atom. The molecule has 0 aliphatic carbocycles. The van der Waals surface area contributed by atoms with Gasteiger partial charge >= 0.3 is 0 Å². The highest BCUT2D eigenvalue weighted by atomic mass is 35.5. The van der Waals surface area contributed by atoms with Crippen molar-refractivity contribution in [1.82, 2.24) is 10.3 Å². The average molecular weight is 261 g/mol. The number of pyridine rings is 1. The summed E-state index contributed by atoms with van der Waals surface area (Å²) in [5, 5.41) is 3.37. The number of rotatable bonds is 4. The molecule has 16 heavy (non-hydrogen) atoms. The lowest BCUT2D eigenvalue weighted by Gasteiger charge is -2.24. The number of amides is 1. The van der Waals surface area contributed by atoms with E-state index in [1.54, 1.807) is 12.1 Å². The summed E-state index contributed by atoms with van der Waals surface area (Å²) >= 11 is 11.3. The Kier molecular flexibility index (Phi) is 4.56. The van der Waals surface area contributed by atoms with E-state index in [0.717, 1.165) is 0 Å². The maximum atomic E-state index is 11.8. The minimum Gasteiger partial charge on any atom is -0.346 e. The SMILES string of the molecule is CC(C)(CCCl)NC(=O)c1ccc(Cl)cn1. The lowest BCUT2D eigenvalue weighted by molar-refractivity contribution is 0.0906. The molecule has 88 valence electrons. The van der Waals surface area contributed by atoms with E-state index < -0.39 is 0 Å². The molecule has 0 bridgehead atoms. The van der Waals surface area contributed by atoms with Crippen molar-refractivity contribution in [1.29, 1.82) is 0 Å². The van der Waals surface area contributed by atoms with Gasteiger partial charge in [0.15, 0.2) is 0 Å². The lowest BCUT2D eigenvalue weighted by atomic mass is 10.0. The molecule has 0 spiro atoms. The third-order valence-corrected chi connectivity index (χ3v) is 2.54. The van der Waals surface area contributed by atoms with Crippen LogP contribution in [0.2, 0.25) is 5.02 Å². The van der Waals surface area contributed by atoms with Crippen molar-refractivity contribution in [2.75, 3.05) is 5.88 Å². The van der Waals surface area contributed by atoms with Crippen LogP contribution in [0.25, 0.3) is 0 Å². The molecule has 0 aliphatic rings. The van der Waals surface area contributed by atoms with Gasteiger partial charge in [-0.3, -0.25) is 4.79 Å². The van der Waals surface area contributed by atoms with Crippen LogP contribution in [0.3, 0.4) is 0 Å². The molecule has 1 N–H and O–H groups in total. The van der Waals surface area contributed by atoms with E-state index in [0.29, 0.717) is 23.0 Å². The Labute approximate surface area is 105 Å². The molecule has 1 rings (SSSR count). The predicted molar refractivity (Wildman–Crippen MR) is 66.1 cm³/mol. The molecule has 1 aromatic heterocycles. The van der Waals surface area contributed by atoms with Crippen molar-refractivity contribution in [3.8, 4) is 0 Å². The first-order chi connectivity index (χ1) is 7.44. The molecule has 0 atom stereocenters. The van der Waals surface area contributed by atoms with Crippen molar-refractivity contribution < 1.29 is 4.79 Å². The number of carbonyl (C=O) groups is 1. The van der Waals surface area contributed by atoms with E-state index in [-0.39, 0.29) is 11.4 Å². The zero-order chi connectivity index (χ0) is 12.2. The van der Waals surface area contributed by atoms with Gasteiger partial charge in [0.1, 0.15) is 5.69 Å². The number of nitrogens with one attached hydrogen (secondary N) is 1. The molecule has 0 aromatic carbocycles. The Hall–Kier alpha value is -0.800. The topological polar surface area (TPSA) is 42.0 Å². The second kappa shape index (κ2) is 5.51. The summed E-state index contributed by atoms with van der Waals surface area (Å²) in [6, 6.07) is 3.23. The Morgan fingerprint density at radius 3 is 2.69 bits per heavy atom. The molecule has 3 nitrogen and oxygen atoms in total. The molecule has 0 fully saturated rings. The predicted octanol–water partition coefficient (Wildman–Crippen LogP) is 2.87. The van der Waals surface area contributed by atoms with Crippen LogP contribution in [0.15, 0.2) is 18.3 Å². The highest BCUT2D eigenvalue weighted by Crippen LogP contribution is 2.11. The van der Waals surface area contributed by atoms with Crippen molar-refractivity contribution in [3.63, 3.8) is 0 Å². The molecule has 5 heteroatoms. The number of carbonyl (C=O) groups excluding carboxylic acids is 1. The number of hydrogen-bond donors (Lipinski definition) is 1. The third-order valence-electron chi connectivity index (χ3n) is 2.13. The van der Waals surface area contributed by atoms with E-state index in [2.05, 4.69) is 10.3 Å². The minimum absolute atomic E-state index is 0.216. The summed E-state index contributed by atoms with van der Waals surface area (Å²) in [5.74, 6) is 0.285. The monoisotopic (exact) mass is 260 g/mol. The average Bonchev–Trinajstić information content (AvgIpc) is 2.17. The smallest absolute Gasteiger partial charge is 0.270 e.